The van der Waals surface area contributed by atoms with Crippen LogP contribution in [0.5, 0.6) is 0 Å². The molecule has 1 atom stereocenters. The van der Waals surface area contributed by atoms with Crippen LogP contribution in [-0.4, -0.2) is 41.8 Å². The summed E-state index contributed by atoms with van der Waals surface area (Å²) < 4.78 is 5.60. The van der Waals surface area contributed by atoms with Gasteiger partial charge in [-0.25, -0.2) is 4.79 Å². The fraction of sp³-hybridized carbons (Fsp3) is 0.364. The Labute approximate surface area is 159 Å². The number of aliphatic carboxylic acids is 1. The van der Waals surface area contributed by atoms with Gasteiger partial charge in [-0.1, -0.05) is 61.9 Å². The molecule has 0 spiro atoms. The zero-order valence-corrected chi connectivity index (χ0v) is 15.7. The molecule has 1 amide bonds. The molecule has 5 heteroatoms. The first kappa shape index (κ1) is 19.0. The number of hydrogen-bond donors (Lipinski definition) is 1. The minimum Gasteiger partial charge on any atom is -0.481 e. The first-order valence-corrected chi connectivity index (χ1v) is 9.32. The van der Waals surface area contributed by atoms with Gasteiger partial charge in [0, 0.05) is 19.0 Å². The van der Waals surface area contributed by atoms with Crippen LogP contribution in [0.4, 0.5) is 4.79 Å². The Bertz CT molecular complexity index is 787. The van der Waals surface area contributed by atoms with Crippen molar-refractivity contribution in [2.24, 2.45) is 0 Å². The number of amides is 1. The second-order valence-electron chi connectivity index (χ2n) is 6.96. The summed E-state index contributed by atoms with van der Waals surface area (Å²) in [6.45, 7) is 2.21. The first-order valence-electron chi connectivity index (χ1n) is 9.32. The van der Waals surface area contributed by atoms with Crippen molar-refractivity contribution in [3.8, 4) is 11.1 Å². The van der Waals surface area contributed by atoms with Gasteiger partial charge in [0.2, 0.25) is 0 Å². The highest BCUT2D eigenvalue weighted by molar-refractivity contribution is 5.79. The zero-order chi connectivity index (χ0) is 19.4. The van der Waals surface area contributed by atoms with Gasteiger partial charge in [-0.05, 0) is 28.7 Å². The summed E-state index contributed by atoms with van der Waals surface area (Å²) in [5, 5.41) is 9.08. The third-order valence-electron chi connectivity index (χ3n) is 5.20. The highest BCUT2D eigenvalue weighted by atomic mass is 16.6. The van der Waals surface area contributed by atoms with Crippen LogP contribution in [-0.2, 0) is 9.53 Å². The Kier molecular flexibility index (Phi) is 5.79. The van der Waals surface area contributed by atoms with Gasteiger partial charge < -0.3 is 14.7 Å². The van der Waals surface area contributed by atoms with E-state index in [-0.39, 0.29) is 25.0 Å². The minimum absolute atomic E-state index is 0.00107. The summed E-state index contributed by atoms with van der Waals surface area (Å²) in [5.74, 6) is -0.911. The van der Waals surface area contributed by atoms with Crippen LogP contribution in [0.3, 0.4) is 0 Å². The Hall–Kier alpha value is -2.82. The molecule has 1 aliphatic carbocycles. The smallest absolute Gasteiger partial charge is 0.409 e. The van der Waals surface area contributed by atoms with Gasteiger partial charge in [0.15, 0.2) is 0 Å². The van der Waals surface area contributed by atoms with Crippen molar-refractivity contribution in [3.63, 3.8) is 0 Å². The predicted octanol–water partition coefficient (Wildman–Crippen LogP) is 4.51. The second kappa shape index (κ2) is 8.25. The van der Waals surface area contributed by atoms with Crippen LogP contribution in [0, 0.1) is 0 Å². The maximum absolute atomic E-state index is 12.5. The molecular formula is C22H25NO4. The summed E-state index contributed by atoms with van der Waals surface area (Å²) in [5.41, 5.74) is 4.67. The SMILES string of the molecule is CCC[C@@H](CC(=O)O)N(C)C(=O)OCC1c2ccccc2-c2ccccc21. The van der Waals surface area contributed by atoms with Gasteiger partial charge in [0.1, 0.15) is 6.61 Å². The molecule has 1 N–H and O–H groups in total. The first-order chi connectivity index (χ1) is 13.0. The summed E-state index contributed by atoms with van der Waals surface area (Å²) in [6, 6.07) is 16.0. The normalized spacial score (nSPS) is 13.6. The number of fused-ring (bicyclic) bond motifs is 3. The number of carbonyl (C=O) groups is 2. The van der Waals surface area contributed by atoms with E-state index in [1.807, 2.05) is 31.2 Å². The van der Waals surface area contributed by atoms with Gasteiger partial charge in [-0.3, -0.25) is 4.79 Å². The molecule has 0 aliphatic heterocycles. The molecule has 142 valence electrons. The van der Waals surface area contributed by atoms with Crippen LogP contribution in [0.25, 0.3) is 11.1 Å². The average molecular weight is 367 g/mol. The monoisotopic (exact) mass is 367 g/mol. The number of carbonyl (C=O) groups excluding carboxylic acids is 1. The maximum atomic E-state index is 12.5. The Balaban J connectivity index is 1.72. The van der Waals surface area contributed by atoms with Crippen LogP contribution in [0.1, 0.15) is 43.2 Å². The fourth-order valence-corrected chi connectivity index (χ4v) is 3.81. The minimum atomic E-state index is -0.910. The van der Waals surface area contributed by atoms with Crippen molar-refractivity contribution < 1.29 is 19.4 Å². The van der Waals surface area contributed by atoms with Gasteiger partial charge in [-0.15, -0.1) is 0 Å². The van der Waals surface area contributed by atoms with E-state index in [9.17, 15) is 9.59 Å². The molecule has 0 radical (unpaired) electrons. The largest absolute Gasteiger partial charge is 0.481 e. The molecule has 0 unspecified atom stereocenters. The Morgan fingerprint density at radius 3 is 2.15 bits per heavy atom. The molecule has 5 nitrogen and oxygen atoms in total. The molecule has 0 saturated heterocycles. The number of benzene rings is 2. The highest BCUT2D eigenvalue weighted by Crippen LogP contribution is 2.44. The number of carboxylic acid groups (broad SMARTS) is 1. The quantitative estimate of drug-likeness (QED) is 0.782. The maximum Gasteiger partial charge on any atom is 0.409 e. The predicted molar refractivity (Wildman–Crippen MR) is 104 cm³/mol. The van der Waals surface area contributed by atoms with Crippen molar-refractivity contribution in [1.82, 2.24) is 4.90 Å². The van der Waals surface area contributed by atoms with Gasteiger partial charge in [0.25, 0.3) is 0 Å². The summed E-state index contributed by atoms with van der Waals surface area (Å²) >= 11 is 0. The van der Waals surface area contributed by atoms with E-state index >= 15 is 0 Å². The molecule has 0 heterocycles. The molecule has 1 aliphatic rings. The lowest BCUT2D eigenvalue weighted by Gasteiger charge is -2.27. The molecule has 2 aromatic carbocycles. The topological polar surface area (TPSA) is 66.8 Å². The summed E-state index contributed by atoms with van der Waals surface area (Å²) in [4.78, 5) is 25.0. The lowest BCUT2D eigenvalue weighted by Crippen LogP contribution is -2.39. The van der Waals surface area contributed by atoms with E-state index in [2.05, 4.69) is 24.3 Å². The van der Waals surface area contributed by atoms with Crippen LogP contribution in [0.15, 0.2) is 48.5 Å². The van der Waals surface area contributed by atoms with E-state index < -0.39 is 12.1 Å². The van der Waals surface area contributed by atoms with Crippen LogP contribution in [0.2, 0.25) is 0 Å². The van der Waals surface area contributed by atoms with Crippen molar-refractivity contribution in [3.05, 3.63) is 59.7 Å². The lowest BCUT2D eigenvalue weighted by atomic mass is 9.98. The molecule has 0 fully saturated rings. The number of rotatable bonds is 7. The Morgan fingerprint density at radius 2 is 1.63 bits per heavy atom. The van der Waals surface area contributed by atoms with E-state index in [0.717, 1.165) is 17.5 Å². The van der Waals surface area contributed by atoms with Crippen molar-refractivity contribution in [2.45, 2.75) is 38.1 Å². The van der Waals surface area contributed by atoms with Crippen molar-refractivity contribution in [1.29, 1.82) is 0 Å². The fourth-order valence-electron chi connectivity index (χ4n) is 3.81. The molecule has 27 heavy (non-hydrogen) atoms. The molecule has 2 aromatic rings. The van der Waals surface area contributed by atoms with Crippen LogP contribution >= 0.6 is 0 Å². The standard InChI is InChI=1S/C22H25NO4/c1-3-8-15(13-21(24)25)23(2)22(26)27-14-20-18-11-6-4-9-16(18)17-10-5-7-12-19(17)20/h4-7,9-12,15,20H,3,8,13-14H2,1-2H3,(H,24,25)/t15-/m0/s1. The highest BCUT2D eigenvalue weighted by Gasteiger charge is 2.30. The molecular weight excluding hydrogens is 342 g/mol. The van der Waals surface area contributed by atoms with Gasteiger partial charge in [0.05, 0.1) is 6.42 Å². The molecule has 3 rings (SSSR count). The summed E-state index contributed by atoms with van der Waals surface area (Å²) in [7, 11) is 1.61. The molecule has 0 bridgehead atoms. The van der Waals surface area contributed by atoms with E-state index in [0.29, 0.717) is 6.42 Å². The van der Waals surface area contributed by atoms with Crippen molar-refractivity contribution in [2.75, 3.05) is 13.7 Å². The average Bonchev–Trinajstić information content (AvgIpc) is 2.99. The third-order valence-corrected chi connectivity index (χ3v) is 5.20. The summed E-state index contributed by atoms with van der Waals surface area (Å²) in [6.07, 6.45) is 0.886. The van der Waals surface area contributed by atoms with Gasteiger partial charge >= 0.3 is 12.1 Å². The number of hydrogen-bond acceptors (Lipinski definition) is 3. The molecule has 0 saturated carbocycles. The number of ether oxygens (including phenoxy) is 1. The molecule has 0 aromatic heterocycles. The lowest BCUT2D eigenvalue weighted by molar-refractivity contribution is -0.138. The van der Waals surface area contributed by atoms with Crippen LogP contribution < -0.4 is 0 Å². The van der Waals surface area contributed by atoms with E-state index in [4.69, 9.17) is 9.84 Å². The van der Waals surface area contributed by atoms with E-state index in [1.54, 1.807) is 7.05 Å². The third kappa shape index (κ3) is 3.97. The zero-order valence-electron chi connectivity index (χ0n) is 15.7. The Morgan fingerprint density at radius 1 is 1.07 bits per heavy atom. The number of carboxylic acids is 1. The van der Waals surface area contributed by atoms with E-state index in [1.165, 1.54) is 16.0 Å². The van der Waals surface area contributed by atoms with Gasteiger partial charge in [-0.2, -0.15) is 0 Å². The number of nitrogens with zero attached hydrogens (tertiary/aromatic N) is 1. The second-order valence-corrected chi connectivity index (χ2v) is 6.96. The van der Waals surface area contributed by atoms with Crippen molar-refractivity contribution >= 4 is 12.1 Å².